The largest absolute Gasteiger partial charge is 0.497 e. The van der Waals surface area contributed by atoms with Gasteiger partial charge in [-0.15, -0.1) is 0 Å². The molecule has 0 saturated heterocycles. The molecule has 1 unspecified atom stereocenters. The van der Waals surface area contributed by atoms with Crippen LogP contribution in [0.5, 0.6) is 5.75 Å². The molecule has 0 spiro atoms. The summed E-state index contributed by atoms with van der Waals surface area (Å²) in [6.45, 7) is 2.29. The maximum atomic E-state index is 5.23. The first-order valence-corrected chi connectivity index (χ1v) is 8.22. The molecule has 0 aromatic heterocycles. The lowest BCUT2D eigenvalue weighted by molar-refractivity contribution is 0.218. The van der Waals surface area contributed by atoms with E-state index in [0.717, 1.165) is 18.2 Å². The molecule has 1 saturated carbocycles. The van der Waals surface area contributed by atoms with Crippen LogP contribution in [-0.4, -0.2) is 39.2 Å². The highest BCUT2D eigenvalue weighted by molar-refractivity contribution is 5.29. The molecule has 0 heterocycles. The molecule has 0 bridgehead atoms. The number of nitrogens with zero attached hydrogens (tertiary/aromatic N) is 1. The second kappa shape index (κ2) is 8.40. The van der Waals surface area contributed by atoms with Crippen molar-refractivity contribution in [2.45, 2.75) is 38.1 Å². The van der Waals surface area contributed by atoms with E-state index in [1.54, 1.807) is 7.11 Å². The lowest BCUT2D eigenvalue weighted by atomic mass is 9.89. The first kappa shape index (κ1) is 16.3. The van der Waals surface area contributed by atoms with Gasteiger partial charge >= 0.3 is 0 Å². The summed E-state index contributed by atoms with van der Waals surface area (Å²) in [7, 11) is 6.01. The Morgan fingerprint density at radius 2 is 1.86 bits per heavy atom. The quantitative estimate of drug-likeness (QED) is 0.832. The van der Waals surface area contributed by atoms with Crippen molar-refractivity contribution in [2.24, 2.45) is 5.92 Å². The molecule has 0 radical (unpaired) electrons. The average molecular weight is 290 g/mol. The van der Waals surface area contributed by atoms with Gasteiger partial charge < -0.3 is 15.0 Å². The molecule has 118 valence electrons. The van der Waals surface area contributed by atoms with Crippen molar-refractivity contribution in [3.63, 3.8) is 0 Å². The number of benzene rings is 1. The number of hydrogen-bond donors (Lipinski definition) is 1. The zero-order valence-electron chi connectivity index (χ0n) is 13.8. The van der Waals surface area contributed by atoms with E-state index in [2.05, 4.69) is 29.4 Å². The van der Waals surface area contributed by atoms with E-state index in [4.69, 9.17) is 4.74 Å². The molecule has 1 atom stereocenters. The third kappa shape index (κ3) is 5.01. The standard InChI is InChI=1S/C18H30N2O/c1-19-18(16-9-11-17(21-3)12-10-16)14-20(2)13-15-7-5-4-6-8-15/h9-12,15,18-19H,4-8,13-14H2,1-3H3. The SMILES string of the molecule is CNC(CN(C)CC1CCCCC1)c1ccc(OC)cc1. The van der Waals surface area contributed by atoms with Gasteiger partial charge in [-0.2, -0.15) is 0 Å². The maximum Gasteiger partial charge on any atom is 0.118 e. The lowest BCUT2D eigenvalue weighted by Gasteiger charge is -2.29. The fraction of sp³-hybridized carbons (Fsp3) is 0.667. The molecule has 1 aromatic rings. The minimum absolute atomic E-state index is 0.379. The molecule has 0 aliphatic heterocycles. The zero-order chi connectivity index (χ0) is 15.1. The number of methoxy groups -OCH3 is 1. The highest BCUT2D eigenvalue weighted by Gasteiger charge is 2.18. The van der Waals surface area contributed by atoms with Gasteiger partial charge in [0.2, 0.25) is 0 Å². The van der Waals surface area contributed by atoms with Crippen LogP contribution in [0, 0.1) is 5.92 Å². The summed E-state index contributed by atoms with van der Waals surface area (Å²) in [6, 6.07) is 8.79. The minimum Gasteiger partial charge on any atom is -0.497 e. The van der Waals surface area contributed by atoms with Gasteiger partial charge in [0.1, 0.15) is 5.75 Å². The number of ether oxygens (including phenoxy) is 1. The van der Waals surface area contributed by atoms with Gasteiger partial charge in [-0.25, -0.2) is 0 Å². The molecule has 1 fully saturated rings. The van der Waals surface area contributed by atoms with Crippen LogP contribution in [0.15, 0.2) is 24.3 Å². The number of hydrogen-bond acceptors (Lipinski definition) is 3. The molecular weight excluding hydrogens is 260 g/mol. The summed E-state index contributed by atoms with van der Waals surface area (Å²) in [5.41, 5.74) is 1.33. The predicted molar refractivity (Wildman–Crippen MR) is 88.9 cm³/mol. The van der Waals surface area contributed by atoms with Crippen LogP contribution in [0.4, 0.5) is 0 Å². The van der Waals surface area contributed by atoms with Gasteiger partial charge in [-0.05, 0) is 50.6 Å². The van der Waals surface area contributed by atoms with E-state index >= 15 is 0 Å². The van der Waals surface area contributed by atoms with Gasteiger partial charge in [-0.1, -0.05) is 31.4 Å². The Hall–Kier alpha value is -1.06. The van der Waals surface area contributed by atoms with Crippen molar-refractivity contribution in [1.29, 1.82) is 0 Å². The van der Waals surface area contributed by atoms with Crippen molar-refractivity contribution in [3.8, 4) is 5.75 Å². The zero-order valence-corrected chi connectivity index (χ0v) is 13.8. The summed E-state index contributed by atoms with van der Waals surface area (Å²) in [4.78, 5) is 2.49. The Labute approximate surface area is 129 Å². The van der Waals surface area contributed by atoms with Gasteiger partial charge in [0.25, 0.3) is 0 Å². The van der Waals surface area contributed by atoms with Crippen molar-refractivity contribution >= 4 is 0 Å². The topological polar surface area (TPSA) is 24.5 Å². The first-order chi connectivity index (χ1) is 10.2. The van der Waals surface area contributed by atoms with Gasteiger partial charge in [0.15, 0.2) is 0 Å². The van der Waals surface area contributed by atoms with E-state index in [1.165, 1.54) is 44.2 Å². The third-order valence-electron chi connectivity index (χ3n) is 4.66. The Kier molecular flexibility index (Phi) is 6.52. The summed E-state index contributed by atoms with van der Waals surface area (Å²) in [5, 5.41) is 3.44. The summed E-state index contributed by atoms with van der Waals surface area (Å²) in [5.74, 6) is 1.82. The van der Waals surface area contributed by atoms with E-state index in [9.17, 15) is 0 Å². The smallest absolute Gasteiger partial charge is 0.118 e. The number of likely N-dealkylation sites (N-methyl/N-ethyl adjacent to an activating group) is 2. The van der Waals surface area contributed by atoms with Crippen LogP contribution >= 0.6 is 0 Å². The minimum atomic E-state index is 0.379. The van der Waals surface area contributed by atoms with E-state index in [0.29, 0.717) is 6.04 Å². The molecule has 3 nitrogen and oxygen atoms in total. The van der Waals surface area contributed by atoms with Crippen LogP contribution < -0.4 is 10.1 Å². The fourth-order valence-corrected chi connectivity index (χ4v) is 3.40. The molecule has 1 N–H and O–H groups in total. The van der Waals surface area contributed by atoms with Crippen molar-refractivity contribution in [3.05, 3.63) is 29.8 Å². The second-order valence-corrected chi connectivity index (χ2v) is 6.34. The molecule has 1 aliphatic carbocycles. The average Bonchev–Trinajstić information content (AvgIpc) is 2.53. The molecule has 1 aliphatic rings. The normalized spacial score (nSPS) is 17.9. The van der Waals surface area contributed by atoms with E-state index < -0.39 is 0 Å². The van der Waals surface area contributed by atoms with Crippen LogP contribution in [0.2, 0.25) is 0 Å². The van der Waals surface area contributed by atoms with Crippen LogP contribution in [0.1, 0.15) is 43.7 Å². The maximum absolute atomic E-state index is 5.23. The summed E-state index contributed by atoms with van der Waals surface area (Å²) >= 11 is 0. The van der Waals surface area contributed by atoms with Gasteiger partial charge in [0, 0.05) is 19.1 Å². The van der Waals surface area contributed by atoms with Crippen LogP contribution in [-0.2, 0) is 0 Å². The summed E-state index contributed by atoms with van der Waals surface area (Å²) < 4.78 is 5.23. The van der Waals surface area contributed by atoms with Gasteiger partial charge in [0.05, 0.1) is 7.11 Å². The van der Waals surface area contributed by atoms with Crippen molar-refractivity contribution < 1.29 is 4.74 Å². The monoisotopic (exact) mass is 290 g/mol. The predicted octanol–water partition coefficient (Wildman–Crippen LogP) is 3.47. The van der Waals surface area contributed by atoms with Gasteiger partial charge in [-0.3, -0.25) is 0 Å². The third-order valence-corrected chi connectivity index (χ3v) is 4.66. The Bertz CT molecular complexity index is 398. The van der Waals surface area contributed by atoms with Crippen molar-refractivity contribution in [1.82, 2.24) is 10.2 Å². The molecule has 1 aromatic carbocycles. The molecule has 3 heteroatoms. The van der Waals surface area contributed by atoms with Crippen LogP contribution in [0.25, 0.3) is 0 Å². The van der Waals surface area contributed by atoms with E-state index in [1.807, 2.05) is 19.2 Å². The highest BCUT2D eigenvalue weighted by Crippen LogP contribution is 2.25. The number of nitrogens with one attached hydrogen (secondary N) is 1. The molecule has 2 rings (SSSR count). The molecule has 21 heavy (non-hydrogen) atoms. The Morgan fingerprint density at radius 1 is 1.19 bits per heavy atom. The fourth-order valence-electron chi connectivity index (χ4n) is 3.40. The summed E-state index contributed by atoms with van der Waals surface area (Å²) in [6.07, 6.45) is 7.11. The first-order valence-electron chi connectivity index (χ1n) is 8.22. The second-order valence-electron chi connectivity index (χ2n) is 6.34. The lowest BCUT2D eigenvalue weighted by Crippen LogP contribution is -2.34. The molecular formula is C18H30N2O. The Morgan fingerprint density at radius 3 is 2.43 bits per heavy atom. The highest BCUT2D eigenvalue weighted by atomic mass is 16.5. The van der Waals surface area contributed by atoms with Crippen molar-refractivity contribution in [2.75, 3.05) is 34.3 Å². The molecule has 0 amide bonds. The van der Waals surface area contributed by atoms with E-state index in [-0.39, 0.29) is 0 Å². The van der Waals surface area contributed by atoms with Crippen LogP contribution in [0.3, 0.4) is 0 Å². The number of rotatable bonds is 7. The Balaban J connectivity index is 1.87.